The molecular formula is C24H32N2O2S. The molecule has 156 valence electrons. The number of amides is 2. The zero-order valence-corrected chi connectivity index (χ0v) is 18.9. The summed E-state index contributed by atoms with van der Waals surface area (Å²) in [6.45, 7) is 10.1. The van der Waals surface area contributed by atoms with E-state index in [1.54, 1.807) is 23.6 Å². The number of nitrogens with one attached hydrogen (secondary N) is 1. The highest BCUT2D eigenvalue weighted by Gasteiger charge is 2.28. The van der Waals surface area contributed by atoms with E-state index in [9.17, 15) is 9.59 Å². The molecule has 2 aromatic rings. The van der Waals surface area contributed by atoms with Gasteiger partial charge in [-0.1, -0.05) is 60.2 Å². The second-order valence-electron chi connectivity index (χ2n) is 8.40. The minimum atomic E-state index is -0.540. The maximum atomic E-state index is 13.0. The van der Waals surface area contributed by atoms with Crippen molar-refractivity contribution in [3.8, 4) is 0 Å². The van der Waals surface area contributed by atoms with Gasteiger partial charge in [-0.25, -0.2) is 0 Å². The molecule has 2 rings (SSSR count). The third-order valence-electron chi connectivity index (χ3n) is 4.48. The van der Waals surface area contributed by atoms with E-state index in [2.05, 4.69) is 36.5 Å². The Bertz CT molecular complexity index is 798. The third kappa shape index (κ3) is 7.94. The van der Waals surface area contributed by atoms with Gasteiger partial charge in [-0.05, 0) is 45.7 Å². The zero-order chi connectivity index (χ0) is 21.4. The Labute approximate surface area is 179 Å². The van der Waals surface area contributed by atoms with Crippen LogP contribution in [0.15, 0.2) is 54.6 Å². The second kappa shape index (κ2) is 10.5. The van der Waals surface area contributed by atoms with Gasteiger partial charge in [-0.2, -0.15) is 0 Å². The van der Waals surface area contributed by atoms with Crippen LogP contribution in [0.25, 0.3) is 0 Å². The first-order valence-electron chi connectivity index (χ1n) is 9.94. The fourth-order valence-electron chi connectivity index (χ4n) is 2.86. The van der Waals surface area contributed by atoms with Crippen LogP contribution in [-0.2, 0) is 21.9 Å². The predicted octanol–water partition coefficient (Wildman–Crippen LogP) is 4.56. The van der Waals surface area contributed by atoms with Gasteiger partial charge in [0.05, 0.1) is 5.75 Å². The number of benzene rings is 2. The molecule has 2 aromatic carbocycles. The van der Waals surface area contributed by atoms with Gasteiger partial charge in [0.1, 0.15) is 6.04 Å². The maximum Gasteiger partial charge on any atom is 0.242 e. The van der Waals surface area contributed by atoms with Crippen molar-refractivity contribution in [3.63, 3.8) is 0 Å². The molecule has 0 aliphatic rings. The quantitative estimate of drug-likeness (QED) is 0.691. The van der Waals surface area contributed by atoms with Gasteiger partial charge in [0.2, 0.25) is 11.8 Å². The SMILES string of the molecule is Cc1ccc(CSCC(=O)N(Cc2ccccc2)[C@H](C)C(=O)NC(C)(C)C)cc1. The number of aryl methyl sites for hydroxylation is 1. The van der Waals surface area contributed by atoms with Gasteiger partial charge >= 0.3 is 0 Å². The lowest BCUT2D eigenvalue weighted by atomic mass is 10.1. The topological polar surface area (TPSA) is 49.4 Å². The number of rotatable bonds is 8. The van der Waals surface area contributed by atoms with Crippen LogP contribution in [0.5, 0.6) is 0 Å². The Morgan fingerprint density at radius 3 is 2.21 bits per heavy atom. The van der Waals surface area contributed by atoms with E-state index in [-0.39, 0.29) is 17.4 Å². The molecule has 29 heavy (non-hydrogen) atoms. The van der Waals surface area contributed by atoms with Crippen molar-refractivity contribution in [2.75, 3.05) is 5.75 Å². The number of nitrogens with zero attached hydrogens (tertiary/aromatic N) is 1. The Morgan fingerprint density at radius 1 is 1.00 bits per heavy atom. The van der Waals surface area contributed by atoms with Crippen LogP contribution in [0.2, 0.25) is 0 Å². The summed E-state index contributed by atoms with van der Waals surface area (Å²) in [5.74, 6) is 0.953. The molecule has 0 unspecified atom stereocenters. The molecule has 5 heteroatoms. The van der Waals surface area contributed by atoms with Crippen molar-refractivity contribution in [2.24, 2.45) is 0 Å². The highest BCUT2D eigenvalue weighted by molar-refractivity contribution is 7.99. The van der Waals surface area contributed by atoms with Crippen molar-refractivity contribution >= 4 is 23.6 Å². The molecule has 0 heterocycles. The number of carbonyl (C=O) groups is 2. The average molecular weight is 413 g/mol. The van der Waals surface area contributed by atoms with E-state index in [4.69, 9.17) is 0 Å². The van der Waals surface area contributed by atoms with Crippen molar-refractivity contribution in [3.05, 3.63) is 71.3 Å². The molecule has 0 radical (unpaired) electrons. The normalized spacial score (nSPS) is 12.3. The molecule has 0 aromatic heterocycles. The molecule has 0 bridgehead atoms. The van der Waals surface area contributed by atoms with Gasteiger partial charge in [0.25, 0.3) is 0 Å². The molecule has 0 spiro atoms. The van der Waals surface area contributed by atoms with Crippen LogP contribution >= 0.6 is 11.8 Å². The summed E-state index contributed by atoms with van der Waals surface area (Å²) in [5, 5.41) is 2.99. The van der Waals surface area contributed by atoms with E-state index in [1.165, 1.54) is 11.1 Å². The predicted molar refractivity (Wildman–Crippen MR) is 122 cm³/mol. The summed E-state index contributed by atoms with van der Waals surface area (Å²) < 4.78 is 0. The number of hydrogen-bond acceptors (Lipinski definition) is 3. The summed E-state index contributed by atoms with van der Waals surface area (Å²) >= 11 is 1.58. The van der Waals surface area contributed by atoms with Crippen LogP contribution in [0, 0.1) is 6.92 Å². The first-order chi connectivity index (χ1) is 13.7. The van der Waals surface area contributed by atoms with Crippen LogP contribution in [0.3, 0.4) is 0 Å². The Morgan fingerprint density at radius 2 is 1.62 bits per heavy atom. The summed E-state index contributed by atoms with van der Waals surface area (Å²) in [7, 11) is 0. The molecule has 0 aliphatic heterocycles. The third-order valence-corrected chi connectivity index (χ3v) is 5.46. The van der Waals surface area contributed by atoms with Crippen LogP contribution < -0.4 is 5.32 Å². The lowest BCUT2D eigenvalue weighted by Gasteiger charge is -2.31. The van der Waals surface area contributed by atoms with Gasteiger partial charge in [-0.3, -0.25) is 9.59 Å². The molecule has 1 atom stereocenters. The molecule has 0 aliphatic carbocycles. The Hall–Kier alpha value is -2.27. The summed E-state index contributed by atoms with van der Waals surface area (Å²) in [6.07, 6.45) is 0. The molecule has 0 saturated heterocycles. The van der Waals surface area contributed by atoms with Gasteiger partial charge < -0.3 is 10.2 Å². The van der Waals surface area contributed by atoms with E-state index >= 15 is 0 Å². The number of carbonyl (C=O) groups excluding carboxylic acids is 2. The molecule has 2 amide bonds. The largest absolute Gasteiger partial charge is 0.350 e. The van der Waals surface area contributed by atoms with Gasteiger partial charge in [0.15, 0.2) is 0 Å². The molecule has 4 nitrogen and oxygen atoms in total. The van der Waals surface area contributed by atoms with E-state index in [0.717, 1.165) is 11.3 Å². The standard InChI is InChI=1S/C24H32N2O2S/c1-18-11-13-21(14-12-18)16-29-17-22(27)26(15-20-9-7-6-8-10-20)19(2)23(28)25-24(3,4)5/h6-14,19H,15-17H2,1-5H3,(H,25,28)/t19-/m1/s1. The smallest absolute Gasteiger partial charge is 0.242 e. The number of thioether (sulfide) groups is 1. The number of hydrogen-bond donors (Lipinski definition) is 1. The molecule has 0 fully saturated rings. The Balaban J connectivity index is 2.05. The van der Waals surface area contributed by atoms with Crippen molar-refractivity contribution < 1.29 is 9.59 Å². The summed E-state index contributed by atoms with van der Waals surface area (Å²) in [6, 6.07) is 17.6. The average Bonchev–Trinajstić information content (AvgIpc) is 2.66. The fourth-order valence-corrected chi connectivity index (χ4v) is 3.73. The van der Waals surface area contributed by atoms with Crippen LogP contribution in [0.4, 0.5) is 0 Å². The summed E-state index contributed by atoms with van der Waals surface area (Å²) in [4.78, 5) is 27.4. The van der Waals surface area contributed by atoms with E-state index < -0.39 is 6.04 Å². The van der Waals surface area contributed by atoms with E-state index in [1.807, 2.05) is 51.1 Å². The lowest BCUT2D eigenvalue weighted by Crippen LogP contribution is -2.52. The first kappa shape index (κ1) is 23.0. The maximum absolute atomic E-state index is 13.0. The molecule has 1 N–H and O–H groups in total. The van der Waals surface area contributed by atoms with Gasteiger partial charge in [-0.15, -0.1) is 11.8 Å². The molecule has 0 saturated carbocycles. The first-order valence-corrected chi connectivity index (χ1v) is 11.1. The minimum absolute atomic E-state index is 0.0254. The second-order valence-corrected chi connectivity index (χ2v) is 9.39. The minimum Gasteiger partial charge on any atom is -0.350 e. The zero-order valence-electron chi connectivity index (χ0n) is 18.1. The molecular weight excluding hydrogens is 380 g/mol. The van der Waals surface area contributed by atoms with Crippen molar-refractivity contribution in [1.29, 1.82) is 0 Å². The van der Waals surface area contributed by atoms with E-state index in [0.29, 0.717) is 12.3 Å². The van der Waals surface area contributed by atoms with Gasteiger partial charge in [0, 0.05) is 17.8 Å². The highest BCUT2D eigenvalue weighted by atomic mass is 32.2. The monoisotopic (exact) mass is 412 g/mol. The Kier molecular flexibility index (Phi) is 8.32. The summed E-state index contributed by atoms with van der Waals surface area (Å²) in [5.41, 5.74) is 3.09. The fraction of sp³-hybridized carbons (Fsp3) is 0.417. The lowest BCUT2D eigenvalue weighted by molar-refractivity contribution is -0.139. The van der Waals surface area contributed by atoms with Crippen LogP contribution in [0.1, 0.15) is 44.4 Å². The van der Waals surface area contributed by atoms with Crippen molar-refractivity contribution in [1.82, 2.24) is 10.2 Å². The van der Waals surface area contributed by atoms with Crippen LogP contribution in [-0.4, -0.2) is 34.0 Å². The van der Waals surface area contributed by atoms with Crippen molar-refractivity contribution in [2.45, 2.75) is 58.5 Å². The highest BCUT2D eigenvalue weighted by Crippen LogP contribution is 2.17.